The summed E-state index contributed by atoms with van der Waals surface area (Å²) in [5, 5.41) is 16.4. The average Bonchev–Trinajstić information content (AvgIpc) is 4.02. The number of aromatic nitrogens is 2. The van der Waals surface area contributed by atoms with E-state index in [9.17, 15) is 19.5 Å². The molecular formula is C52H63F5N6O7S. The molecule has 1 fully saturated rings. The fourth-order valence-corrected chi connectivity index (χ4v) is 10.1. The number of alkyl halides is 3. The van der Waals surface area contributed by atoms with Gasteiger partial charge in [-0.3, -0.25) is 19.3 Å². The van der Waals surface area contributed by atoms with Crippen LogP contribution < -0.4 is 15.4 Å². The van der Waals surface area contributed by atoms with E-state index >= 15 is 22.0 Å². The molecule has 13 nitrogen and oxygen atoms in total. The minimum Gasteiger partial charge on any atom is -0.493 e. The van der Waals surface area contributed by atoms with Gasteiger partial charge in [-0.05, 0) is 68.7 Å². The molecule has 71 heavy (non-hydrogen) atoms. The number of hydrogen-bond donors (Lipinski definition) is 4. The molecule has 0 unspecified atom stereocenters. The van der Waals surface area contributed by atoms with Gasteiger partial charge in [-0.25, -0.2) is 18.2 Å². The molecule has 2 aliphatic heterocycles. The number of rotatable bonds is 20. The van der Waals surface area contributed by atoms with Gasteiger partial charge in [0.25, 0.3) is 0 Å². The Kier molecular flexibility index (Phi) is 16.6. The number of β-amino-alcohol motifs (C(OH)–C–C–N with tert-alkyl or cyclic N) is 1. The van der Waals surface area contributed by atoms with Crippen LogP contribution in [0.1, 0.15) is 94.9 Å². The number of aliphatic hydroxyl groups excluding tert-OH is 1. The van der Waals surface area contributed by atoms with Gasteiger partial charge < -0.3 is 39.8 Å². The Bertz CT molecular complexity index is 2640. The molecule has 2 aliphatic rings. The molecule has 0 aliphatic carbocycles. The van der Waals surface area contributed by atoms with E-state index in [1.807, 2.05) is 62.4 Å². The van der Waals surface area contributed by atoms with E-state index in [2.05, 4.69) is 25.3 Å². The number of aromatic amines is 1. The van der Waals surface area contributed by atoms with Crippen LogP contribution in [0.3, 0.4) is 0 Å². The van der Waals surface area contributed by atoms with E-state index in [1.165, 1.54) is 25.2 Å². The van der Waals surface area contributed by atoms with Crippen LogP contribution in [-0.4, -0.2) is 118 Å². The second-order valence-electron chi connectivity index (χ2n) is 20.1. The third kappa shape index (κ3) is 12.8. The maximum Gasteiger partial charge on any atom is 0.436 e. The van der Waals surface area contributed by atoms with Crippen LogP contribution in [0.5, 0.6) is 5.75 Å². The molecule has 5 atom stereocenters. The Morgan fingerprint density at radius 3 is 2.28 bits per heavy atom. The van der Waals surface area contributed by atoms with Crippen molar-refractivity contribution in [3.05, 3.63) is 106 Å². The van der Waals surface area contributed by atoms with Crippen LogP contribution in [0.15, 0.2) is 66.2 Å². The maximum atomic E-state index is 16.0. The number of halogens is 5. The van der Waals surface area contributed by atoms with Crippen molar-refractivity contribution in [2.75, 3.05) is 39.5 Å². The topological polar surface area (TPSA) is 158 Å². The molecule has 0 bridgehead atoms. The van der Waals surface area contributed by atoms with Gasteiger partial charge >= 0.3 is 12.0 Å². The number of benzene rings is 3. The first-order valence-corrected chi connectivity index (χ1v) is 24.7. The molecule has 0 radical (unpaired) electrons. The summed E-state index contributed by atoms with van der Waals surface area (Å²) in [5.74, 6) is -4.94. The van der Waals surface area contributed by atoms with Gasteiger partial charge in [0, 0.05) is 86.0 Å². The molecule has 1 saturated heterocycles. The number of likely N-dealkylation sites (tertiary alicyclic amines) is 1. The van der Waals surface area contributed by atoms with Crippen LogP contribution in [0.25, 0.3) is 21.3 Å². The Hall–Kier alpha value is -5.47. The molecule has 0 spiro atoms. The van der Waals surface area contributed by atoms with Crippen molar-refractivity contribution in [2.45, 2.75) is 123 Å². The fraction of sp³-hybridized carbons (Fsp3) is 0.500. The highest BCUT2D eigenvalue weighted by atomic mass is 32.1. The molecule has 4 heterocycles. The Morgan fingerprint density at radius 1 is 0.958 bits per heavy atom. The van der Waals surface area contributed by atoms with Crippen molar-refractivity contribution in [1.29, 1.82) is 0 Å². The maximum absolute atomic E-state index is 16.0. The van der Waals surface area contributed by atoms with Crippen molar-refractivity contribution in [1.82, 2.24) is 30.4 Å². The molecular weight excluding hydrogens is 948 g/mol. The number of aryl methyl sites for hydroxylation is 1. The van der Waals surface area contributed by atoms with Gasteiger partial charge in [-0.2, -0.15) is 8.78 Å². The Labute approximate surface area is 414 Å². The van der Waals surface area contributed by atoms with E-state index in [4.69, 9.17) is 9.47 Å². The fourth-order valence-electron chi connectivity index (χ4n) is 9.28. The van der Waals surface area contributed by atoms with Gasteiger partial charge in [-0.15, -0.1) is 11.3 Å². The number of amides is 3. The first-order chi connectivity index (χ1) is 33.5. The van der Waals surface area contributed by atoms with Crippen LogP contribution in [0, 0.1) is 24.0 Å². The number of H-pyrrole nitrogens is 1. The Balaban J connectivity index is 0.855. The number of para-hydroxylation sites is 1. The molecule has 5 aromatic rings. The Morgan fingerprint density at radius 2 is 1.63 bits per heavy atom. The largest absolute Gasteiger partial charge is 0.493 e. The summed E-state index contributed by atoms with van der Waals surface area (Å²) in [5.41, 5.74) is 3.87. The third-order valence-corrected chi connectivity index (χ3v) is 13.7. The van der Waals surface area contributed by atoms with Crippen molar-refractivity contribution in [3.63, 3.8) is 0 Å². The second-order valence-corrected chi connectivity index (χ2v) is 20.9. The number of hydrogen-bond acceptors (Lipinski definition) is 10. The lowest BCUT2D eigenvalue weighted by atomic mass is 9.85. The van der Waals surface area contributed by atoms with Crippen LogP contribution in [0.2, 0.25) is 0 Å². The summed E-state index contributed by atoms with van der Waals surface area (Å²) in [6.07, 6.45) is -4.64. The normalized spacial score (nSPS) is 19.2. The van der Waals surface area contributed by atoms with E-state index in [0.717, 1.165) is 55.2 Å². The predicted octanol–water partition coefficient (Wildman–Crippen LogP) is 8.56. The van der Waals surface area contributed by atoms with Gasteiger partial charge in [0.15, 0.2) is 0 Å². The number of ether oxygens (including phenoxy) is 3. The van der Waals surface area contributed by atoms with Crippen LogP contribution in [-0.2, 0) is 36.8 Å². The zero-order valence-electron chi connectivity index (χ0n) is 41.1. The molecule has 7 rings (SSSR count). The number of nitrogens with zero attached hydrogens (tertiary/aromatic N) is 3. The highest BCUT2D eigenvalue weighted by Crippen LogP contribution is 2.44. The summed E-state index contributed by atoms with van der Waals surface area (Å²) in [7, 11) is 0. The van der Waals surface area contributed by atoms with Gasteiger partial charge in [-0.1, -0.05) is 63.2 Å². The van der Waals surface area contributed by atoms with Crippen LogP contribution >= 0.6 is 11.3 Å². The summed E-state index contributed by atoms with van der Waals surface area (Å²) < 4.78 is 93.2. The van der Waals surface area contributed by atoms with Gasteiger partial charge in [0.05, 0.1) is 41.4 Å². The van der Waals surface area contributed by atoms with Crippen molar-refractivity contribution < 1.29 is 55.7 Å². The standard InChI is InChI=1S/C52H63F5N6O7S/c1-30-22-37-36-12-8-9-13-40(36)60-43(37)44(63(30)28-51(6,7)55)42-38(53)24-35(25-39(42)54)69-20-10-18-68-19-11-21-70-52(56,57)49(67)61-46(50(3,4)5)48(66)62-27-34(64)23-41(62)47(65)58-26-32-14-16-33(17-15-32)45-31(2)59-29-71-45/h8-9,12-17,24-25,29-30,34,41,44,46,60,64H,10-11,18-23,26-28H2,1-7H3,(H,58,65)(H,61,67)/t30-,34-,41+,44-,46-/m1/s1. The number of fused-ring (bicyclic) bond motifs is 3. The highest BCUT2D eigenvalue weighted by Gasteiger charge is 2.48. The minimum atomic E-state index is -4.33. The quantitative estimate of drug-likeness (QED) is 0.0443. The number of carbonyl (C=O) groups excluding carboxylic acids is 3. The summed E-state index contributed by atoms with van der Waals surface area (Å²) in [4.78, 5) is 51.9. The van der Waals surface area contributed by atoms with E-state index in [0.29, 0.717) is 12.1 Å². The zero-order chi connectivity index (χ0) is 51.4. The van der Waals surface area contributed by atoms with Crippen molar-refractivity contribution >= 4 is 40.0 Å². The molecule has 4 N–H and O–H groups in total. The predicted molar refractivity (Wildman–Crippen MR) is 260 cm³/mol. The SMILES string of the molecule is Cc1ncsc1-c1ccc(CNC(=O)[C@@H]2C[C@@H](O)CN2C(=O)[C@@H](NC(=O)C(F)(F)OCCCOCCCOc2cc(F)c([C@@H]3c4[nH]c5ccccc5c4C[C@@H](C)N3CC(C)(C)F)c(F)c2)C(C)(C)C)cc1. The van der Waals surface area contributed by atoms with Gasteiger partial charge in [0.1, 0.15) is 35.1 Å². The zero-order valence-corrected chi connectivity index (χ0v) is 41.9. The average molecular weight is 1010 g/mol. The third-order valence-electron chi connectivity index (χ3n) is 12.8. The van der Waals surface area contributed by atoms with E-state index in [-0.39, 0.29) is 76.1 Å². The molecule has 2 aromatic heterocycles. The lowest BCUT2D eigenvalue weighted by Gasteiger charge is -2.43. The highest BCUT2D eigenvalue weighted by molar-refractivity contribution is 7.13. The molecule has 384 valence electrons. The van der Waals surface area contributed by atoms with E-state index in [1.54, 1.807) is 31.2 Å². The number of carbonyl (C=O) groups is 3. The number of thiazole rings is 1. The van der Waals surface area contributed by atoms with E-state index < -0.39 is 77.4 Å². The second kappa shape index (κ2) is 22.1. The summed E-state index contributed by atoms with van der Waals surface area (Å²) in [6.45, 7) is 10.8. The van der Waals surface area contributed by atoms with Crippen molar-refractivity contribution in [3.8, 4) is 16.2 Å². The number of nitrogens with one attached hydrogen (secondary N) is 3. The van der Waals surface area contributed by atoms with Crippen LogP contribution in [0.4, 0.5) is 22.0 Å². The molecule has 3 aromatic carbocycles. The minimum absolute atomic E-state index is 0.0143. The lowest BCUT2D eigenvalue weighted by Crippen LogP contribution is -2.60. The first-order valence-electron chi connectivity index (χ1n) is 23.8. The summed E-state index contributed by atoms with van der Waals surface area (Å²) in [6, 6.07) is 13.6. The van der Waals surface area contributed by atoms with Gasteiger partial charge in [0.2, 0.25) is 11.8 Å². The summed E-state index contributed by atoms with van der Waals surface area (Å²) >= 11 is 1.52. The first kappa shape index (κ1) is 53.3. The monoisotopic (exact) mass is 1010 g/mol. The molecule has 0 saturated carbocycles. The lowest BCUT2D eigenvalue weighted by molar-refractivity contribution is -0.233. The van der Waals surface area contributed by atoms with Crippen molar-refractivity contribution in [2.24, 2.45) is 5.41 Å². The molecule has 3 amide bonds. The number of aliphatic hydroxyl groups is 1. The smallest absolute Gasteiger partial charge is 0.436 e. The molecule has 19 heteroatoms.